The number of amides is 1. The van der Waals surface area contributed by atoms with Crippen molar-refractivity contribution in [2.24, 2.45) is 0 Å². The van der Waals surface area contributed by atoms with E-state index in [2.05, 4.69) is 5.32 Å². The summed E-state index contributed by atoms with van der Waals surface area (Å²) in [7, 11) is 0. The third kappa shape index (κ3) is 4.16. The molecule has 2 fully saturated rings. The van der Waals surface area contributed by atoms with Crippen LogP contribution in [0.15, 0.2) is 18.2 Å². The molecule has 0 spiro atoms. The van der Waals surface area contributed by atoms with Crippen molar-refractivity contribution in [2.75, 3.05) is 55.9 Å². The van der Waals surface area contributed by atoms with E-state index < -0.39 is 24.7 Å². The lowest BCUT2D eigenvalue weighted by Crippen LogP contribution is -2.37. The topological polar surface area (TPSA) is 54.0 Å². The lowest BCUT2D eigenvalue weighted by Gasteiger charge is -2.29. The maximum atomic E-state index is 14.5. The smallest absolute Gasteiger partial charge is 0.414 e. The van der Waals surface area contributed by atoms with Gasteiger partial charge in [0.1, 0.15) is 23.6 Å². The summed E-state index contributed by atoms with van der Waals surface area (Å²) in [6.07, 6.45) is -1.03. The van der Waals surface area contributed by atoms with Crippen LogP contribution in [0.3, 0.4) is 0 Å². The highest BCUT2D eigenvalue weighted by atomic mass is 32.1. The zero-order chi connectivity index (χ0) is 17.8. The van der Waals surface area contributed by atoms with E-state index in [4.69, 9.17) is 21.7 Å². The molecular weight excluding hydrogens is 352 g/mol. The first-order valence-electron chi connectivity index (χ1n) is 8.01. The second-order valence-corrected chi connectivity index (χ2v) is 6.28. The number of nitrogens with one attached hydrogen (secondary N) is 1. The van der Waals surface area contributed by atoms with Crippen LogP contribution in [0.5, 0.6) is 0 Å². The Balaban J connectivity index is 1.66. The van der Waals surface area contributed by atoms with Crippen LogP contribution in [0.25, 0.3) is 0 Å². The number of alkyl halides is 1. The minimum absolute atomic E-state index is 0.0652. The molecule has 3 rings (SSSR count). The molecule has 0 aromatic heterocycles. The molecule has 1 amide bonds. The molecule has 6 nitrogen and oxygen atoms in total. The summed E-state index contributed by atoms with van der Waals surface area (Å²) < 4.78 is 37.3. The normalized spacial score (nSPS) is 20.6. The highest BCUT2D eigenvalue weighted by Gasteiger charge is 2.32. The largest absolute Gasteiger partial charge is 0.442 e. The van der Waals surface area contributed by atoms with Crippen molar-refractivity contribution < 1.29 is 23.0 Å². The van der Waals surface area contributed by atoms with Gasteiger partial charge in [0.05, 0.1) is 37.7 Å². The Morgan fingerprint density at radius 3 is 2.80 bits per heavy atom. The number of ether oxygens (including phenoxy) is 2. The van der Waals surface area contributed by atoms with Gasteiger partial charge in [0, 0.05) is 13.1 Å². The van der Waals surface area contributed by atoms with Crippen molar-refractivity contribution >= 4 is 34.7 Å². The van der Waals surface area contributed by atoms with Crippen LogP contribution in [0.4, 0.5) is 25.0 Å². The molecule has 9 heteroatoms. The van der Waals surface area contributed by atoms with Gasteiger partial charge in [-0.05, 0) is 18.2 Å². The lowest BCUT2D eigenvalue weighted by molar-refractivity contribution is 0.122. The zero-order valence-electron chi connectivity index (χ0n) is 13.5. The Morgan fingerprint density at radius 2 is 2.12 bits per heavy atom. The van der Waals surface area contributed by atoms with Gasteiger partial charge in [0.15, 0.2) is 0 Å². The molecule has 2 aliphatic heterocycles. The van der Waals surface area contributed by atoms with Crippen LogP contribution in [0.2, 0.25) is 0 Å². The average Bonchev–Trinajstić information content (AvgIpc) is 3.01. The first-order chi connectivity index (χ1) is 12.1. The summed E-state index contributed by atoms with van der Waals surface area (Å²) in [5.41, 5.74) is 0.918. The van der Waals surface area contributed by atoms with Crippen molar-refractivity contribution in [3.05, 3.63) is 24.0 Å². The summed E-state index contributed by atoms with van der Waals surface area (Å²) in [6, 6.07) is 4.68. The molecule has 1 aromatic rings. The summed E-state index contributed by atoms with van der Waals surface area (Å²) in [5, 5.41) is 2.69. The molecule has 2 aliphatic rings. The Hall–Kier alpha value is -2.00. The van der Waals surface area contributed by atoms with Gasteiger partial charge in [0.2, 0.25) is 0 Å². The number of hydrogen-bond acceptors (Lipinski definition) is 5. The summed E-state index contributed by atoms with van der Waals surface area (Å²) in [6.45, 7) is 2.10. The predicted molar refractivity (Wildman–Crippen MR) is 93.6 cm³/mol. The second-order valence-electron chi connectivity index (χ2n) is 5.79. The van der Waals surface area contributed by atoms with Crippen LogP contribution < -0.4 is 15.1 Å². The Morgan fingerprint density at radius 1 is 1.36 bits per heavy atom. The summed E-state index contributed by atoms with van der Waals surface area (Å²) >= 11 is 4.73. The minimum atomic E-state index is -0.756. The molecule has 0 aliphatic carbocycles. The minimum Gasteiger partial charge on any atom is -0.442 e. The third-order valence-corrected chi connectivity index (χ3v) is 4.37. The van der Waals surface area contributed by atoms with E-state index in [0.717, 1.165) is 0 Å². The van der Waals surface area contributed by atoms with E-state index in [1.165, 1.54) is 11.0 Å². The molecule has 2 heterocycles. The number of carbonyl (C=O) groups is 1. The van der Waals surface area contributed by atoms with Gasteiger partial charge in [-0.3, -0.25) is 4.90 Å². The van der Waals surface area contributed by atoms with E-state index in [1.807, 2.05) is 4.90 Å². The number of benzene rings is 1. The van der Waals surface area contributed by atoms with E-state index in [9.17, 15) is 13.6 Å². The number of cyclic esters (lactones) is 1. The highest BCUT2D eigenvalue weighted by molar-refractivity contribution is 7.80. The monoisotopic (exact) mass is 371 g/mol. The average molecular weight is 371 g/mol. The molecule has 1 N–H and O–H groups in total. The number of rotatable bonds is 5. The molecule has 0 saturated carbocycles. The number of morpholine rings is 1. The first kappa shape index (κ1) is 17.8. The molecule has 0 radical (unpaired) electrons. The molecule has 0 bridgehead atoms. The number of nitrogens with zero attached hydrogens (tertiary/aromatic N) is 2. The van der Waals surface area contributed by atoms with Gasteiger partial charge >= 0.3 is 6.09 Å². The van der Waals surface area contributed by atoms with E-state index >= 15 is 0 Å². The summed E-state index contributed by atoms with van der Waals surface area (Å²) in [4.78, 5) is 15.4. The number of carbonyl (C=O) groups excluding carboxylic acids is 1. The SMILES string of the molecule is O=C1O[C@@H](CNC(=S)CF)CN1c1ccc(N2CCOCC2)c(F)c1. The third-order valence-electron chi connectivity index (χ3n) is 4.12. The van der Waals surface area contributed by atoms with Crippen LogP contribution in [-0.2, 0) is 9.47 Å². The Bertz CT molecular complexity index is 656. The van der Waals surface area contributed by atoms with Crippen LogP contribution in [0, 0.1) is 5.82 Å². The van der Waals surface area contributed by atoms with Gasteiger partial charge in [-0.1, -0.05) is 12.2 Å². The fourth-order valence-electron chi connectivity index (χ4n) is 2.84. The fourth-order valence-corrected chi connectivity index (χ4v) is 2.92. The molecule has 0 unspecified atom stereocenters. The van der Waals surface area contributed by atoms with Gasteiger partial charge in [-0.15, -0.1) is 0 Å². The number of hydrogen-bond donors (Lipinski definition) is 1. The molecule has 1 atom stereocenters. The maximum Gasteiger partial charge on any atom is 0.414 e. The molecule has 2 saturated heterocycles. The van der Waals surface area contributed by atoms with Crippen molar-refractivity contribution in [3.63, 3.8) is 0 Å². The van der Waals surface area contributed by atoms with Gasteiger partial charge in [-0.25, -0.2) is 13.6 Å². The number of anilines is 2. The van der Waals surface area contributed by atoms with Gasteiger partial charge in [-0.2, -0.15) is 0 Å². The van der Waals surface area contributed by atoms with E-state index in [-0.39, 0.29) is 18.1 Å². The van der Waals surface area contributed by atoms with E-state index in [0.29, 0.717) is 37.7 Å². The van der Waals surface area contributed by atoms with Gasteiger partial charge < -0.3 is 19.7 Å². The van der Waals surface area contributed by atoms with Crippen molar-refractivity contribution in [1.82, 2.24) is 5.32 Å². The molecule has 1 aromatic carbocycles. The standard InChI is InChI=1S/C16H19F2N3O3S/c17-8-15(25)19-9-12-10-21(16(22)24-12)11-1-2-14(13(18)7-11)20-3-5-23-6-4-20/h1-2,7,12H,3-6,8-10H2,(H,19,25)/t12-/m0/s1. The Labute approximate surface area is 149 Å². The van der Waals surface area contributed by atoms with E-state index in [1.54, 1.807) is 12.1 Å². The predicted octanol–water partition coefficient (Wildman–Crippen LogP) is 1.87. The van der Waals surface area contributed by atoms with Crippen molar-refractivity contribution in [2.45, 2.75) is 6.10 Å². The zero-order valence-corrected chi connectivity index (χ0v) is 14.4. The number of thiocarbonyl (C=S) groups is 1. The maximum absolute atomic E-state index is 14.5. The quantitative estimate of drug-likeness (QED) is 0.798. The summed E-state index contributed by atoms with van der Waals surface area (Å²) in [5.74, 6) is -0.396. The van der Waals surface area contributed by atoms with Crippen LogP contribution in [0.1, 0.15) is 0 Å². The number of halogens is 2. The Kier molecular flexibility index (Phi) is 5.64. The van der Waals surface area contributed by atoms with Gasteiger partial charge in [0.25, 0.3) is 0 Å². The molecular formula is C16H19F2N3O3S. The lowest BCUT2D eigenvalue weighted by atomic mass is 10.2. The molecule has 25 heavy (non-hydrogen) atoms. The van der Waals surface area contributed by atoms with Crippen molar-refractivity contribution in [1.29, 1.82) is 0 Å². The van der Waals surface area contributed by atoms with Crippen molar-refractivity contribution in [3.8, 4) is 0 Å². The highest BCUT2D eigenvalue weighted by Crippen LogP contribution is 2.28. The molecule has 136 valence electrons. The van der Waals surface area contributed by atoms with Crippen LogP contribution >= 0.6 is 12.2 Å². The van der Waals surface area contributed by atoms with Crippen LogP contribution in [-0.4, -0.2) is 63.3 Å². The first-order valence-corrected chi connectivity index (χ1v) is 8.42. The fraction of sp³-hybridized carbons (Fsp3) is 0.500. The second kappa shape index (κ2) is 7.92.